The van der Waals surface area contributed by atoms with Crippen molar-refractivity contribution in [2.75, 3.05) is 12.4 Å². The predicted octanol–water partition coefficient (Wildman–Crippen LogP) is 4.32. The number of amides is 1. The van der Waals surface area contributed by atoms with Crippen molar-refractivity contribution in [2.45, 2.75) is 13.8 Å². The van der Waals surface area contributed by atoms with Crippen molar-refractivity contribution in [2.24, 2.45) is 0 Å². The van der Waals surface area contributed by atoms with Crippen LogP contribution in [0, 0.1) is 13.8 Å². The van der Waals surface area contributed by atoms with Gasteiger partial charge < -0.3 is 4.74 Å². The molecule has 0 atom stereocenters. The first-order valence-corrected chi connectivity index (χ1v) is 10.1. The van der Waals surface area contributed by atoms with E-state index >= 15 is 0 Å². The zero-order valence-corrected chi connectivity index (χ0v) is 18.0. The van der Waals surface area contributed by atoms with Crippen LogP contribution in [0.25, 0.3) is 17.2 Å². The van der Waals surface area contributed by atoms with E-state index in [-0.39, 0.29) is 5.91 Å². The van der Waals surface area contributed by atoms with Crippen molar-refractivity contribution in [3.63, 3.8) is 0 Å². The molecule has 0 fully saturated rings. The Bertz CT molecular complexity index is 1240. The lowest BCUT2D eigenvalue weighted by Crippen LogP contribution is -2.11. The molecule has 0 aliphatic rings. The maximum absolute atomic E-state index is 12.4. The van der Waals surface area contributed by atoms with Crippen molar-refractivity contribution in [3.05, 3.63) is 64.3 Å². The minimum atomic E-state index is -0.241. The smallest absolute Gasteiger partial charge is 0.257 e. The number of aryl methyl sites for hydroxylation is 1. The fourth-order valence-corrected chi connectivity index (χ4v) is 3.71. The summed E-state index contributed by atoms with van der Waals surface area (Å²) in [5, 5.41) is 12.0. The summed E-state index contributed by atoms with van der Waals surface area (Å²) in [6.45, 7) is 3.79. The third-order valence-electron chi connectivity index (χ3n) is 4.41. The van der Waals surface area contributed by atoms with E-state index in [0.29, 0.717) is 33.0 Å². The van der Waals surface area contributed by atoms with Crippen molar-refractivity contribution in [1.29, 1.82) is 0 Å². The molecule has 0 saturated heterocycles. The summed E-state index contributed by atoms with van der Waals surface area (Å²) in [6.07, 6.45) is 0. The molecule has 152 valence electrons. The molecule has 0 unspecified atom stereocenters. The largest absolute Gasteiger partial charge is 0.495 e. The second kappa shape index (κ2) is 8.21. The van der Waals surface area contributed by atoms with Crippen LogP contribution in [0.1, 0.15) is 21.6 Å². The number of nitrogens with one attached hydrogen (secondary N) is 1. The molecule has 0 aliphatic carbocycles. The second-order valence-corrected chi connectivity index (χ2v) is 7.66. The Morgan fingerprint density at radius 1 is 1.20 bits per heavy atom. The van der Waals surface area contributed by atoms with Gasteiger partial charge in [0, 0.05) is 17.1 Å². The van der Waals surface area contributed by atoms with Gasteiger partial charge in [0.05, 0.1) is 23.5 Å². The van der Waals surface area contributed by atoms with Crippen LogP contribution in [0.2, 0.25) is 5.02 Å². The van der Waals surface area contributed by atoms with Gasteiger partial charge in [0.1, 0.15) is 5.75 Å². The topological polar surface area (TPSA) is 94.8 Å². The number of methoxy groups -OCH3 is 1. The Morgan fingerprint density at radius 2 is 2.03 bits per heavy atom. The van der Waals surface area contributed by atoms with E-state index in [9.17, 15) is 4.79 Å². The number of hydrogen-bond acceptors (Lipinski definition) is 7. The normalized spacial score (nSPS) is 10.8. The monoisotopic (exact) mass is 440 g/mol. The second-order valence-electron chi connectivity index (χ2n) is 6.50. The number of ether oxygens (including phenoxy) is 1. The number of benzene rings is 2. The number of hydrogen-bond donors (Lipinski definition) is 1. The molecule has 2 heterocycles. The van der Waals surface area contributed by atoms with Gasteiger partial charge in [-0.05, 0) is 44.2 Å². The summed E-state index contributed by atoms with van der Waals surface area (Å²) in [5.41, 5.74) is 3.57. The summed E-state index contributed by atoms with van der Waals surface area (Å²) in [4.78, 5) is 16.8. The molecule has 0 radical (unpaired) electrons. The van der Waals surface area contributed by atoms with Crippen molar-refractivity contribution in [1.82, 2.24) is 24.4 Å². The minimum absolute atomic E-state index is 0.241. The predicted molar refractivity (Wildman–Crippen MR) is 116 cm³/mol. The van der Waals surface area contributed by atoms with E-state index in [1.165, 1.54) is 0 Å². The maximum Gasteiger partial charge on any atom is 0.257 e. The zero-order valence-electron chi connectivity index (χ0n) is 16.4. The third kappa shape index (κ3) is 3.89. The first kappa shape index (κ1) is 20.0. The highest BCUT2D eigenvalue weighted by Gasteiger charge is 2.18. The highest BCUT2D eigenvalue weighted by atomic mass is 35.5. The SMILES string of the molecule is COc1ccc(-n2nnc(-c3nsc(NC(=O)c4cccc(C)c4)n3)c2C)cc1Cl. The molecule has 0 bridgehead atoms. The molecule has 2 aromatic heterocycles. The van der Waals surface area contributed by atoms with Crippen LogP contribution in [0.3, 0.4) is 0 Å². The lowest BCUT2D eigenvalue weighted by atomic mass is 10.1. The number of carbonyl (C=O) groups excluding carboxylic acids is 1. The molecule has 8 nitrogen and oxygen atoms in total. The number of halogens is 1. The molecule has 2 aromatic carbocycles. The van der Waals surface area contributed by atoms with Gasteiger partial charge in [0.15, 0.2) is 11.5 Å². The summed E-state index contributed by atoms with van der Waals surface area (Å²) in [5.74, 6) is 0.728. The molecule has 4 aromatic rings. The molecule has 1 amide bonds. The summed E-state index contributed by atoms with van der Waals surface area (Å²) in [7, 11) is 1.56. The molecular weight excluding hydrogens is 424 g/mol. The molecule has 10 heteroatoms. The van der Waals surface area contributed by atoms with Crippen LogP contribution in [-0.4, -0.2) is 37.4 Å². The van der Waals surface area contributed by atoms with Gasteiger partial charge in [0.25, 0.3) is 5.91 Å². The Morgan fingerprint density at radius 3 is 2.77 bits per heavy atom. The van der Waals surface area contributed by atoms with Crippen LogP contribution < -0.4 is 10.1 Å². The lowest BCUT2D eigenvalue weighted by molar-refractivity contribution is 0.102. The third-order valence-corrected chi connectivity index (χ3v) is 5.34. The number of rotatable bonds is 5. The van der Waals surface area contributed by atoms with Crippen LogP contribution in [0.4, 0.5) is 5.13 Å². The van der Waals surface area contributed by atoms with E-state index in [0.717, 1.165) is 28.5 Å². The van der Waals surface area contributed by atoms with Gasteiger partial charge in [-0.15, -0.1) is 5.10 Å². The Labute approximate surface area is 181 Å². The zero-order chi connectivity index (χ0) is 21.3. The van der Waals surface area contributed by atoms with Crippen LogP contribution >= 0.6 is 23.1 Å². The van der Waals surface area contributed by atoms with E-state index in [1.807, 2.05) is 38.1 Å². The van der Waals surface area contributed by atoms with Crippen molar-refractivity contribution in [3.8, 4) is 23.0 Å². The Balaban J connectivity index is 1.57. The molecule has 0 spiro atoms. The number of anilines is 1. The summed E-state index contributed by atoms with van der Waals surface area (Å²) >= 11 is 7.30. The van der Waals surface area contributed by atoms with E-state index in [1.54, 1.807) is 30.0 Å². The number of aromatic nitrogens is 5. The average Bonchev–Trinajstić information content (AvgIpc) is 3.34. The molecule has 1 N–H and O–H groups in total. The van der Waals surface area contributed by atoms with Crippen molar-refractivity contribution >= 4 is 34.2 Å². The van der Waals surface area contributed by atoms with E-state index < -0.39 is 0 Å². The first-order valence-electron chi connectivity index (χ1n) is 8.94. The Kier molecular flexibility index (Phi) is 5.47. The standard InChI is InChI=1S/C20H17ClN6O2S/c1-11-5-4-6-13(9-11)19(28)23-20-22-18(25-30-20)17-12(2)27(26-24-17)14-7-8-16(29-3)15(21)10-14/h4-10H,1-3H3,(H,22,23,25,28). The van der Waals surface area contributed by atoms with Gasteiger partial charge in [-0.3, -0.25) is 10.1 Å². The summed E-state index contributed by atoms with van der Waals surface area (Å²) < 4.78 is 11.1. The summed E-state index contributed by atoms with van der Waals surface area (Å²) in [6, 6.07) is 12.7. The quantitative estimate of drug-likeness (QED) is 0.496. The van der Waals surface area contributed by atoms with Crippen molar-refractivity contribution < 1.29 is 9.53 Å². The minimum Gasteiger partial charge on any atom is -0.495 e. The highest BCUT2D eigenvalue weighted by Crippen LogP contribution is 2.29. The van der Waals surface area contributed by atoms with Crippen LogP contribution in [0.15, 0.2) is 42.5 Å². The number of nitrogens with zero attached hydrogens (tertiary/aromatic N) is 5. The fraction of sp³-hybridized carbons (Fsp3) is 0.150. The van der Waals surface area contributed by atoms with Gasteiger partial charge in [-0.1, -0.05) is 34.5 Å². The van der Waals surface area contributed by atoms with Crippen LogP contribution in [0.5, 0.6) is 5.75 Å². The van der Waals surface area contributed by atoms with E-state index in [2.05, 4.69) is 25.0 Å². The van der Waals surface area contributed by atoms with Gasteiger partial charge >= 0.3 is 0 Å². The van der Waals surface area contributed by atoms with Crippen LogP contribution in [-0.2, 0) is 0 Å². The highest BCUT2D eigenvalue weighted by molar-refractivity contribution is 7.10. The molecule has 4 rings (SSSR count). The fourth-order valence-electron chi connectivity index (χ4n) is 2.89. The van der Waals surface area contributed by atoms with Gasteiger partial charge in [0.2, 0.25) is 5.13 Å². The van der Waals surface area contributed by atoms with E-state index in [4.69, 9.17) is 16.3 Å². The molecule has 0 aliphatic heterocycles. The molecular formula is C20H17ClN6O2S. The maximum atomic E-state index is 12.4. The molecule has 0 saturated carbocycles. The average molecular weight is 441 g/mol. The first-order chi connectivity index (χ1) is 14.5. The molecule has 30 heavy (non-hydrogen) atoms. The van der Waals surface area contributed by atoms with Gasteiger partial charge in [-0.25, -0.2) is 4.68 Å². The lowest BCUT2D eigenvalue weighted by Gasteiger charge is -2.07. The Hall–Kier alpha value is -3.30. The van der Waals surface area contributed by atoms with Gasteiger partial charge in [-0.2, -0.15) is 9.36 Å². The number of carbonyl (C=O) groups is 1.